The molecule has 0 aromatic heterocycles. The van der Waals surface area contributed by atoms with E-state index in [9.17, 15) is 5.11 Å². The lowest BCUT2D eigenvalue weighted by Crippen LogP contribution is -2.20. The zero-order valence-corrected chi connectivity index (χ0v) is 5.91. The summed E-state index contributed by atoms with van der Waals surface area (Å²) in [5.74, 6) is 0.268. The van der Waals surface area contributed by atoms with Crippen LogP contribution in [0.2, 0.25) is 0 Å². The highest BCUT2D eigenvalue weighted by Crippen LogP contribution is 2.02. The number of phenols is 1. The van der Waals surface area contributed by atoms with Gasteiger partial charge in [0.25, 0.3) is 0 Å². The Hall–Kier alpha value is -1.57. The fraction of sp³-hybridized carbons (Fsp3) is 0. The number of hydrogen-bond acceptors (Lipinski definition) is 2. The smallest absolute Gasteiger partial charge is 0.125 e. The van der Waals surface area contributed by atoms with E-state index in [0.29, 0.717) is 5.70 Å². The Labute approximate surface area is 63.8 Å². The zero-order valence-electron chi connectivity index (χ0n) is 5.91. The predicted octanol–water partition coefficient (Wildman–Crippen LogP) is 0.320. The summed E-state index contributed by atoms with van der Waals surface area (Å²) in [5, 5.41) is 10.9. The Morgan fingerprint density at radius 2 is 2.18 bits per heavy atom. The van der Waals surface area contributed by atoms with Crippen molar-refractivity contribution in [1.29, 1.82) is 0 Å². The second-order valence-corrected chi connectivity index (χ2v) is 2.46. The zero-order chi connectivity index (χ0) is 7.84. The normalized spacial score (nSPS) is 13.6. The van der Waals surface area contributed by atoms with E-state index in [1.807, 2.05) is 6.07 Å². The molecule has 0 atom stereocenters. The van der Waals surface area contributed by atoms with Gasteiger partial charge < -0.3 is 5.11 Å². The summed E-state index contributed by atoms with van der Waals surface area (Å²) in [6.07, 6.45) is 1.77. The molecule has 1 heterocycles. The number of phenolic OH excluding ortho intramolecular Hbond substituents is 1. The Morgan fingerprint density at radius 1 is 1.36 bits per heavy atom. The molecule has 1 aromatic carbocycles. The summed E-state index contributed by atoms with van der Waals surface area (Å²) in [7, 11) is 0. The van der Waals surface area contributed by atoms with E-state index in [2.05, 4.69) is 11.6 Å². The molecule has 11 heavy (non-hydrogen) atoms. The molecule has 2 rings (SSSR count). The largest absolute Gasteiger partial charge is 0.507 e. The van der Waals surface area contributed by atoms with Gasteiger partial charge in [-0.25, -0.2) is 4.99 Å². The lowest BCUT2D eigenvalue weighted by molar-refractivity contribution is 0.470. The summed E-state index contributed by atoms with van der Waals surface area (Å²) < 4.78 is 0. The van der Waals surface area contributed by atoms with E-state index >= 15 is 0 Å². The highest BCUT2D eigenvalue weighted by atomic mass is 16.3. The molecule has 0 aliphatic carbocycles. The van der Waals surface area contributed by atoms with Gasteiger partial charge in [-0.15, -0.1) is 0 Å². The number of fused-ring (bicyclic) bond motifs is 1. The van der Waals surface area contributed by atoms with Crippen LogP contribution in [-0.4, -0.2) is 5.11 Å². The van der Waals surface area contributed by atoms with Gasteiger partial charge >= 0.3 is 0 Å². The molecule has 1 aliphatic heterocycles. The van der Waals surface area contributed by atoms with Gasteiger partial charge in [0.05, 0.1) is 11.1 Å². The van der Waals surface area contributed by atoms with Gasteiger partial charge in [0.15, 0.2) is 0 Å². The number of aromatic hydroxyl groups is 1. The van der Waals surface area contributed by atoms with Crippen LogP contribution >= 0.6 is 0 Å². The van der Waals surface area contributed by atoms with Crippen molar-refractivity contribution in [1.82, 2.24) is 0 Å². The topological polar surface area (TPSA) is 32.6 Å². The quantitative estimate of drug-likeness (QED) is 0.560. The minimum Gasteiger partial charge on any atom is -0.507 e. The number of hydrogen-bond donors (Lipinski definition) is 1. The van der Waals surface area contributed by atoms with Crippen molar-refractivity contribution in [2.24, 2.45) is 4.99 Å². The van der Waals surface area contributed by atoms with Crippen LogP contribution in [0.15, 0.2) is 35.5 Å². The molecule has 0 saturated heterocycles. The van der Waals surface area contributed by atoms with Gasteiger partial charge in [0, 0.05) is 5.22 Å². The number of benzene rings is 1. The maximum Gasteiger partial charge on any atom is 0.125 e. The first-order valence-corrected chi connectivity index (χ1v) is 3.35. The molecule has 2 heteroatoms. The van der Waals surface area contributed by atoms with Crippen molar-refractivity contribution in [3.05, 3.63) is 41.1 Å². The summed E-state index contributed by atoms with van der Waals surface area (Å²) in [6, 6.07) is 5.26. The summed E-state index contributed by atoms with van der Waals surface area (Å²) >= 11 is 0. The summed E-state index contributed by atoms with van der Waals surface area (Å²) in [6.45, 7) is 3.68. The maximum absolute atomic E-state index is 9.32. The average molecular weight is 145 g/mol. The first kappa shape index (κ1) is 6.16. The molecular formula is C9H7NO. The third-order valence-electron chi connectivity index (χ3n) is 1.64. The number of nitrogens with zero attached hydrogens (tertiary/aromatic N) is 1. The molecule has 0 spiro atoms. The van der Waals surface area contributed by atoms with Crippen LogP contribution in [0.1, 0.15) is 0 Å². The van der Waals surface area contributed by atoms with E-state index < -0.39 is 0 Å². The van der Waals surface area contributed by atoms with Crippen LogP contribution in [0.4, 0.5) is 0 Å². The Bertz CT molecular complexity index is 431. The van der Waals surface area contributed by atoms with Gasteiger partial charge in [0.2, 0.25) is 0 Å². The highest BCUT2D eigenvalue weighted by molar-refractivity contribution is 5.50. The van der Waals surface area contributed by atoms with Crippen molar-refractivity contribution in [2.75, 3.05) is 0 Å². The Balaban J connectivity index is 2.97. The average Bonchev–Trinajstić information content (AvgIpc) is 2.31. The van der Waals surface area contributed by atoms with Gasteiger partial charge in [-0.1, -0.05) is 12.6 Å². The molecular weight excluding hydrogens is 138 g/mol. The monoisotopic (exact) mass is 145 g/mol. The van der Waals surface area contributed by atoms with E-state index in [4.69, 9.17) is 0 Å². The summed E-state index contributed by atoms with van der Waals surface area (Å²) in [4.78, 5) is 4.10. The molecule has 0 bridgehead atoms. The Kier molecular flexibility index (Phi) is 1.09. The standard InChI is InChI=1S/C9H7NO/c1-6-5-7-8(10-6)3-2-4-9(7)11/h2-5,11H,1H2. The SMILES string of the molecule is C=C1C=c2c(O)cccc2=N1. The molecule has 2 nitrogen and oxygen atoms in total. The van der Waals surface area contributed by atoms with Crippen molar-refractivity contribution in [3.63, 3.8) is 0 Å². The molecule has 0 radical (unpaired) electrons. The van der Waals surface area contributed by atoms with Crippen LogP contribution in [-0.2, 0) is 0 Å². The van der Waals surface area contributed by atoms with Gasteiger partial charge in [0.1, 0.15) is 5.75 Å². The third-order valence-corrected chi connectivity index (χ3v) is 1.64. The third kappa shape index (κ3) is 0.835. The molecule has 1 aromatic rings. The molecule has 0 saturated carbocycles. The van der Waals surface area contributed by atoms with E-state index in [1.165, 1.54) is 0 Å². The van der Waals surface area contributed by atoms with Crippen molar-refractivity contribution in [3.8, 4) is 5.75 Å². The molecule has 54 valence electrons. The lowest BCUT2D eigenvalue weighted by atomic mass is 10.2. The second-order valence-electron chi connectivity index (χ2n) is 2.46. The van der Waals surface area contributed by atoms with Gasteiger partial charge in [-0.3, -0.25) is 0 Å². The second kappa shape index (κ2) is 1.95. The molecule has 0 amide bonds. The predicted molar refractivity (Wildman–Crippen MR) is 42.5 cm³/mol. The van der Waals surface area contributed by atoms with E-state index in [0.717, 1.165) is 10.6 Å². The number of allylic oxidation sites excluding steroid dienone is 1. The van der Waals surface area contributed by atoms with Crippen LogP contribution in [0.5, 0.6) is 5.75 Å². The Morgan fingerprint density at radius 3 is 2.91 bits per heavy atom. The first-order chi connectivity index (χ1) is 5.27. The van der Waals surface area contributed by atoms with Gasteiger partial charge in [-0.05, 0) is 18.2 Å². The fourth-order valence-electron chi connectivity index (χ4n) is 1.14. The number of rotatable bonds is 0. The van der Waals surface area contributed by atoms with E-state index in [1.54, 1.807) is 18.2 Å². The summed E-state index contributed by atoms with van der Waals surface area (Å²) in [5.41, 5.74) is 0.696. The lowest BCUT2D eigenvalue weighted by Gasteiger charge is -1.87. The van der Waals surface area contributed by atoms with E-state index in [-0.39, 0.29) is 5.75 Å². The van der Waals surface area contributed by atoms with Crippen LogP contribution in [0.25, 0.3) is 6.08 Å². The minimum atomic E-state index is 0.268. The van der Waals surface area contributed by atoms with Crippen molar-refractivity contribution < 1.29 is 5.11 Å². The first-order valence-electron chi connectivity index (χ1n) is 3.35. The van der Waals surface area contributed by atoms with Crippen molar-refractivity contribution in [2.45, 2.75) is 0 Å². The molecule has 0 unspecified atom stereocenters. The molecule has 0 fully saturated rings. The minimum absolute atomic E-state index is 0.268. The molecule has 1 N–H and O–H groups in total. The van der Waals surface area contributed by atoms with Crippen LogP contribution in [0.3, 0.4) is 0 Å². The maximum atomic E-state index is 9.32. The molecule has 1 aliphatic rings. The highest BCUT2D eigenvalue weighted by Gasteiger charge is 2.00. The van der Waals surface area contributed by atoms with Crippen molar-refractivity contribution >= 4 is 6.08 Å². The van der Waals surface area contributed by atoms with Crippen LogP contribution < -0.4 is 10.6 Å². The fourth-order valence-corrected chi connectivity index (χ4v) is 1.14. The van der Waals surface area contributed by atoms with Gasteiger partial charge in [-0.2, -0.15) is 0 Å². The van der Waals surface area contributed by atoms with Crippen LogP contribution in [0, 0.1) is 0 Å².